The van der Waals surface area contributed by atoms with E-state index >= 15 is 0 Å². The van der Waals surface area contributed by atoms with Gasteiger partial charge >= 0.3 is 0 Å². The Morgan fingerprint density at radius 3 is 2.18 bits per heavy atom. The van der Waals surface area contributed by atoms with E-state index in [0.29, 0.717) is 0 Å². The van der Waals surface area contributed by atoms with Crippen molar-refractivity contribution in [1.29, 1.82) is 0 Å². The van der Waals surface area contributed by atoms with Gasteiger partial charge < -0.3 is 5.11 Å². The fourth-order valence-corrected chi connectivity index (χ4v) is 2.81. The molecular formula is C24H20IrNO2-. The largest absolute Gasteiger partial charge is 0.512 e. The zero-order valence-corrected chi connectivity index (χ0v) is 18.0. The SMILES string of the molecule is CC(=O)/C=C(/C)O.[Ir].[c-]1ccccc1-c1ccc2cc3ccccc3cc2n1. The Morgan fingerprint density at radius 1 is 0.929 bits per heavy atom. The number of nitrogens with zero attached hydrogens (tertiary/aromatic N) is 1. The average Bonchev–Trinajstić information content (AvgIpc) is 2.66. The van der Waals surface area contributed by atoms with Crippen molar-refractivity contribution >= 4 is 27.5 Å². The van der Waals surface area contributed by atoms with E-state index in [4.69, 9.17) is 10.1 Å². The number of carbonyl (C=O) groups excluding carboxylic acids is 1. The topological polar surface area (TPSA) is 50.2 Å². The molecule has 0 unspecified atom stereocenters. The van der Waals surface area contributed by atoms with Crippen molar-refractivity contribution in [2.24, 2.45) is 0 Å². The number of hydrogen-bond donors (Lipinski definition) is 1. The minimum Gasteiger partial charge on any atom is -0.512 e. The van der Waals surface area contributed by atoms with Crippen LogP contribution in [0.15, 0.2) is 84.6 Å². The number of ketones is 1. The minimum absolute atomic E-state index is 0. The first-order valence-corrected chi connectivity index (χ1v) is 8.67. The third-order valence-electron chi connectivity index (χ3n) is 3.95. The van der Waals surface area contributed by atoms with Crippen molar-refractivity contribution in [2.45, 2.75) is 13.8 Å². The second-order valence-corrected chi connectivity index (χ2v) is 6.26. The van der Waals surface area contributed by atoms with Gasteiger partial charge in [-0.1, -0.05) is 36.4 Å². The van der Waals surface area contributed by atoms with Gasteiger partial charge in [0, 0.05) is 26.2 Å². The molecule has 4 rings (SSSR count). The third kappa shape index (κ3) is 5.59. The summed E-state index contributed by atoms with van der Waals surface area (Å²) in [4.78, 5) is 14.8. The van der Waals surface area contributed by atoms with Crippen LogP contribution in [0.4, 0.5) is 0 Å². The Hall–Kier alpha value is -2.81. The van der Waals surface area contributed by atoms with Gasteiger partial charge in [-0.25, -0.2) is 0 Å². The summed E-state index contributed by atoms with van der Waals surface area (Å²) >= 11 is 0. The Bertz CT molecular complexity index is 1120. The van der Waals surface area contributed by atoms with Crippen molar-refractivity contribution in [1.82, 2.24) is 4.98 Å². The number of allylic oxidation sites excluding steroid dienone is 2. The van der Waals surface area contributed by atoms with Crippen LogP contribution in [0.25, 0.3) is 32.9 Å². The van der Waals surface area contributed by atoms with Crippen molar-refractivity contribution < 1.29 is 30.0 Å². The van der Waals surface area contributed by atoms with Crippen LogP contribution in [0.3, 0.4) is 0 Å². The molecule has 143 valence electrons. The van der Waals surface area contributed by atoms with E-state index in [1.165, 1.54) is 36.1 Å². The van der Waals surface area contributed by atoms with E-state index in [9.17, 15) is 4.79 Å². The summed E-state index contributed by atoms with van der Waals surface area (Å²) in [5.74, 6) is -0.0625. The third-order valence-corrected chi connectivity index (χ3v) is 3.95. The van der Waals surface area contributed by atoms with Crippen LogP contribution < -0.4 is 0 Å². The van der Waals surface area contributed by atoms with Crippen molar-refractivity contribution in [2.75, 3.05) is 0 Å². The zero-order chi connectivity index (χ0) is 19.2. The van der Waals surface area contributed by atoms with Crippen LogP contribution >= 0.6 is 0 Å². The molecule has 0 amide bonds. The molecule has 3 aromatic carbocycles. The number of fused-ring (bicyclic) bond motifs is 2. The van der Waals surface area contributed by atoms with E-state index in [0.717, 1.165) is 16.8 Å². The summed E-state index contributed by atoms with van der Waals surface area (Å²) in [5.41, 5.74) is 3.02. The van der Waals surface area contributed by atoms with E-state index < -0.39 is 0 Å². The molecule has 1 N–H and O–H groups in total. The van der Waals surface area contributed by atoms with Crippen molar-refractivity contribution in [3.05, 3.63) is 90.7 Å². The average molecular weight is 547 g/mol. The van der Waals surface area contributed by atoms with Gasteiger partial charge in [-0.15, -0.1) is 35.9 Å². The molecule has 1 aromatic heterocycles. The molecule has 3 nitrogen and oxygen atoms in total. The normalized spacial score (nSPS) is 10.7. The smallest absolute Gasteiger partial charge is 0.155 e. The summed E-state index contributed by atoms with van der Waals surface area (Å²) in [5, 5.41) is 12.0. The van der Waals surface area contributed by atoms with Crippen LogP contribution in [-0.4, -0.2) is 15.9 Å². The van der Waals surface area contributed by atoms with Crippen LogP contribution in [0.5, 0.6) is 0 Å². The number of pyridine rings is 1. The van der Waals surface area contributed by atoms with Crippen LogP contribution in [-0.2, 0) is 24.9 Å². The number of carbonyl (C=O) groups is 1. The summed E-state index contributed by atoms with van der Waals surface area (Å²) < 4.78 is 0. The van der Waals surface area contributed by atoms with Gasteiger partial charge in [0.1, 0.15) is 0 Å². The standard InChI is InChI=1S/C19H12N.C5H8O2.Ir/c1-2-6-14(7-3-1)18-11-10-17-12-15-8-4-5-9-16(15)13-19(17)20-18;1-4(6)3-5(2)7;/h1-6,8-13H;3,6H,1-2H3;/q-1;;/b;4-3-;. The second-order valence-electron chi connectivity index (χ2n) is 6.26. The molecule has 28 heavy (non-hydrogen) atoms. The maximum atomic E-state index is 10.0. The van der Waals surface area contributed by atoms with E-state index in [2.05, 4.69) is 54.6 Å². The first-order chi connectivity index (χ1) is 13.0. The molecule has 0 aliphatic heterocycles. The molecule has 0 atom stereocenters. The number of rotatable bonds is 2. The van der Waals surface area contributed by atoms with Gasteiger partial charge in [-0.05, 0) is 47.8 Å². The molecule has 0 aliphatic rings. The maximum absolute atomic E-state index is 10.0. The second kappa shape index (κ2) is 9.93. The molecule has 4 aromatic rings. The Labute approximate surface area is 178 Å². The number of aliphatic hydroxyl groups is 1. The van der Waals surface area contributed by atoms with Crippen molar-refractivity contribution in [3.63, 3.8) is 0 Å². The summed E-state index contributed by atoms with van der Waals surface area (Å²) in [7, 11) is 0. The minimum atomic E-state index is -0.125. The van der Waals surface area contributed by atoms with Gasteiger partial charge in [-0.3, -0.25) is 9.78 Å². The molecule has 0 aliphatic carbocycles. The van der Waals surface area contributed by atoms with E-state index in [1.807, 2.05) is 24.3 Å². The fourth-order valence-electron chi connectivity index (χ4n) is 2.81. The Kier molecular flexibility index (Phi) is 7.62. The predicted molar refractivity (Wildman–Crippen MR) is 111 cm³/mol. The molecule has 4 heteroatoms. The van der Waals surface area contributed by atoms with E-state index in [-0.39, 0.29) is 31.6 Å². The molecule has 1 radical (unpaired) electrons. The summed E-state index contributed by atoms with van der Waals surface area (Å²) in [6.07, 6.45) is 1.17. The van der Waals surface area contributed by atoms with Crippen LogP contribution in [0.2, 0.25) is 0 Å². The number of aliphatic hydroxyl groups excluding tert-OH is 1. The molecule has 0 saturated carbocycles. The zero-order valence-electron chi connectivity index (χ0n) is 15.6. The van der Waals surface area contributed by atoms with Crippen molar-refractivity contribution in [3.8, 4) is 11.3 Å². The van der Waals surface area contributed by atoms with Gasteiger partial charge in [0.25, 0.3) is 0 Å². The first kappa shape index (κ1) is 21.5. The molecule has 0 bridgehead atoms. The molecule has 0 spiro atoms. The van der Waals surface area contributed by atoms with Crippen LogP contribution in [0.1, 0.15) is 13.8 Å². The molecular weight excluding hydrogens is 526 g/mol. The Morgan fingerprint density at radius 2 is 1.61 bits per heavy atom. The molecule has 0 saturated heterocycles. The quantitative estimate of drug-likeness (QED) is 0.148. The molecule has 0 fully saturated rings. The van der Waals surface area contributed by atoms with Gasteiger partial charge in [0.2, 0.25) is 0 Å². The Balaban J connectivity index is 0.000000306. The summed E-state index contributed by atoms with van der Waals surface area (Å²) in [6, 6.07) is 28.1. The summed E-state index contributed by atoms with van der Waals surface area (Å²) in [6.45, 7) is 2.85. The molecule has 1 heterocycles. The van der Waals surface area contributed by atoms with Gasteiger partial charge in [0.15, 0.2) is 5.78 Å². The first-order valence-electron chi connectivity index (χ1n) is 8.67. The number of benzene rings is 3. The predicted octanol–water partition coefficient (Wildman–Crippen LogP) is 5.89. The van der Waals surface area contributed by atoms with Gasteiger partial charge in [-0.2, -0.15) is 0 Å². The van der Waals surface area contributed by atoms with Gasteiger partial charge in [0.05, 0.1) is 11.3 Å². The number of aromatic nitrogens is 1. The number of hydrogen-bond acceptors (Lipinski definition) is 3. The fraction of sp³-hybridized carbons (Fsp3) is 0.0833. The van der Waals surface area contributed by atoms with Crippen LogP contribution in [0, 0.1) is 6.07 Å². The maximum Gasteiger partial charge on any atom is 0.155 e. The van der Waals surface area contributed by atoms with E-state index in [1.54, 1.807) is 0 Å². The monoisotopic (exact) mass is 547 g/mol.